The molecule has 0 aliphatic heterocycles. The molecule has 0 saturated heterocycles. The summed E-state index contributed by atoms with van der Waals surface area (Å²) in [7, 11) is 7.44. The number of hydrogen-bond donors (Lipinski definition) is 2. The van der Waals surface area contributed by atoms with Crippen LogP contribution in [0.15, 0.2) is 55.3 Å². The van der Waals surface area contributed by atoms with Gasteiger partial charge in [-0.05, 0) is 44.4 Å². The average Bonchev–Trinajstić information content (AvgIpc) is 3.42. The number of likely N-dealkylation sites (N-methyl/N-ethyl adjacent to an activating group) is 2. The Morgan fingerprint density at radius 3 is 2.45 bits per heavy atom. The lowest BCUT2D eigenvalue weighted by Gasteiger charge is -2.26. The van der Waals surface area contributed by atoms with Crippen molar-refractivity contribution in [1.82, 2.24) is 25.1 Å². The van der Waals surface area contributed by atoms with Crippen LogP contribution in [-0.2, 0) is 4.79 Å². The molecule has 0 saturated carbocycles. The molecule has 2 aromatic heterocycles. The first-order chi connectivity index (χ1) is 19.2. The third kappa shape index (κ3) is 6.93. The average molecular weight is 567 g/mol. The molecule has 1 amide bonds. The van der Waals surface area contributed by atoms with E-state index in [9.17, 15) is 13.6 Å². The van der Waals surface area contributed by atoms with Gasteiger partial charge >= 0.3 is 0 Å². The summed E-state index contributed by atoms with van der Waals surface area (Å²) in [5.74, 6) is -1.02. The van der Waals surface area contributed by atoms with Gasteiger partial charge in [0.25, 0.3) is 0 Å². The summed E-state index contributed by atoms with van der Waals surface area (Å²) in [4.78, 5) is 25.1. The lowest BCUT2D eigenvalue weighted by Crippen LogP contribution is -2.29. The molecular weight excluding hydrogens is 538 g/mol. The number of amides is 1. The normalized spacial score (nSPS) is 10.9. The van der Waals surface area contributed by atoms with Crippen LogP contribution in [0.4, 0.5) is 31.8 Å². The van der Waals surface area contributed by atoms with Crippen LogP contribution in [0.5, 0.6) is 5.75 Å². The zero-order valence-corrected chi connectivity index (χ0v) is 23.2. The Labute approximate surface area is 234 Å². The van der Waals surface area contributed by atoms with E-state index >= 15 is 0 Å². The minimum Gasteiger partial charge on any atom is -0.494 e. The third-order valence-electron chi connectivity index (χ3n) is 5.71. The van der Waals surface area contributed by atoms with Gasteiger partial charge in [-0.15, -0.1) is 10.2 Å². The highest BCUT2D eigenvalue weighted by molar-refractivity contribution is 7.17. The lowest BCUT2D eigenvalue weighted by atomic mass is 10.2. The van der Waals surface area contributed by atoms with Crippen LogP contribution in [0.1, 0.15) is 0 Å². The van der Waals surface area contributed by atoms with Gasteiger partial charge in [-0.1, -0.05) is 17.9 Å². The molecular formula is C27H28F2N8O2S. The van der Waals surface area contributed by atoms with Gasteiger partial charge in [0.1, 0.15) is 28.1 Å². The van der Waals surface area contributed by atoms with Crippen molar-refractivity contribution in [2.75, 3.05) is 56.9 Å². The molecule has 10 nitrogen and oxygen atoms in total. The molecule has 208 valence electrons. The summed E-state index contributed by atoms with van der Waals surface area (Å²) in [6.45, 7) is 5.05. The van der Waals surface area contributed by atoms with E-state index in [1.54, 1.807) is 25.4 Å². The lowest BCUT2D eigenvalue weighted by molar-refractivity contribution is -0.111. The highest BCUT2D eigenvalue weighted by atomic mass is 32.1. The molecule has 0 atom stereocenters. The van der Waals surface area contributed by atoms with Gasteiger partial charge in [-0.25, -0.2) is 18.7 Å². The van der Waals surface area contributed by atoms with Crippen LogP contribution < -0.4 is 20.3 Å². The predicted octanol–water partition coefficient (Wildman–Crippen LogP) is 4.81. The zero-order chi connectivity index (χ0) is 28.8. The molecule has 2 N–H and O–H groups in total. The van der Waals surface area contributed by atoms with Crippen molar-refractivity contribution >= 4 is 40.3 Å². The predicted molar refractivity (Wildman–Crippen MR) is 153 cm³/mol. The van der Waals surface area contributed by atoms with Crippen molar-refractivity contribution < 1.29 is 18.3 Å². The zero-order valence-electron chi connectivity index (χ0n) is 22.4. The standard InChI is InChI=1S/C27H28F2N8O2S/c1-6-24(38)31-20-14-21(23(39-5)15-22(20)37(4)10-9-36(2)3)33-27-30-8-7-19(32-27)26-35-34-25(40-26)16-11-17(28)13-18(29)12-16/h6-8,11-15H,1,9-10H2,2-5H3,(H,31,38)(H,30,32,33). The summed E-state index contributed by atoms with van der Waals surface area (Å²) < 4.78 is 33.0. The van der Waals surface area contributed by atoms with Crippen LogP contribution in [-0.4, -0.2) is 72.3 Å². The van der Waals surface area contributed by atoms with Gasteiger partial charge in [-0.3, -0.25) is 4.79 Å². The number of methoxy groups -OCH3 is 1. The molecule has 2 heterocycles. The number of ether oxygens (including phenoxy) is 1. The number of rotatable bonds is 11. The molecule has 0 unspecified atom stereocenters. The SMILES string of the molecule is C=CC(=O)Nc1cc(Nc2nccc(-c3nnc(-c4cc(F)cc(F)c4)s3)n2)c(OC)cc1N(C)CCN(C)C. The Balaban J connectivity index is 1.64. The number of carbonyl (C=O) groups is 1. The maximum atomic E-state index is 13.7. The van der Waals surface area contributed by atoms with E-state index in [-0.39, 0.29) is 17.4 Å². The van der Waals surface area contributed by atoms with Gasteiger partial charge in [0.2, 0.25) is 11.9 Å². The smallest absolute Gasteiger partial charge is 0.247 e. The number of nitrogens with one attached hydrogen (secondary N) is 2. The molecule has 4 rings (SSSR count). The fourth-order valence-corrected chi connectivity index (χ4v) is 4.49. The first kappa shape index (κ1) is 28.5. The summed E-state index contributed by atoms with van der Waals surface area (Å²) in [5, 5.41) is 15.0. The second-order valence-electron chi connectivity index (χ2n) is 8.95. The quantitative estimate of drug-likeness (QED) is 0.247. The first-order valence-corrected chi connectivity index (χ1v) is 12.9. The largest absolute Gasteiger partial charge is 0.494 e. The van der Waals surface area contributed by atoms with Gasteiger partial charge in [0.05, 0.1) is 24.2 Å². The molecule has 0 bridgehead atoms. The van der Waals surface area contributed by atoms with Crippen LogP contribution in [0, 0.1) is 11.6 Å². The van der Waals surface area contributed by atoms with Crippen molar-refractivity contribution in [3.8, 4) is 27.0 Å². The van der Waals surface area contributed by atoms with Crippen molar-refractivity contribution in [3.63, 3.8) is 0 Å². The fraction of sp³-hybridized carbons (Fsp3) is 0.222. The molecule has 4 aromatic rings. The number of hydrogen-bond acceptors (Lipinski definition) is 10. The highest BCUT2D eigenvalue weighted by Crippen LogP contribution is 2.38. The van der Waals surface area contributed by atoms with Crippen molar-refractivity contribution in [1.29, 1.82) is 0 Å². The Morgan fingerprint density at radius 2 is 1.77 bits per heavy atom. The molecule has 0 radical (unpaired) electrons. The van der Waals surface area contributed by atoms with Gasteiger partial charge in [0, 0.05) is 44.0 Å². The minimum absolute atomic E-state index is 0.235. The Kier molecular flexibility index (Phi) is 8.97. The molecule has 2 aromatic carbocycles. The van der Waals surface area contributed by atoms with E-state index in [1.165, 1.54) is 18.2 Å². The van der Waals surface area contributed by atoms with Gasteiger partial charge in [-0.2, -0.15) is 0 Å². The topological polar surface area (TPSA) is 108 Å². The van der Waals surface area contributed by atoms with Crippen molar-refractivity contribution in [2.24, 2.45) is 0 Å². The Bertz CT molecular complexity index is 1510. The molecule has 0 aliphatic rings. The summed E-state index contributed by atoms with van der Waals surface area (Å²) in [6, 6.07) is 8.38. The van der Waals surface area contributed by atoms with Gasteiger partial charge < -0.3 is 25.2 Å². The number of benzene rings is 2. The number of carbonyl (C=O) groups excluding carboxylic acids is 1. The van der Waals surface area contributed by atoms with Crippen LogP contribution in [0.25, 0.3) is 21.3 Å². The van der Waals surface area contributed by atoms with Crippen LogP contribution in [0.2, 0.25) is 0 Å². The Morgan fingerprint density at radius 1 is 1.05 bits per heavy atom. The summed E-state index contributed by atoms with van der Waals surface area (Å²) in [6.07, 6.45) is 2.74. The number of aromatic nitrogens is 4. The molecule has 0 fully saturated rings. The fourth-order valence-electron chi connectivity index (χ4n) is 3.68. The van der Waals surface area contributed by atoms with Crippen LogP contribution in [0.3, 0.4) is 0 Å². The van der Waals surface area contributed by atoms with E-state index in [2.05, 4.69) is 42.3 Å². The Hall–Kier alpha value is -4.49. The highest BCUT2D eigenvalue weighted by Gasteiger charge is 2.17. The molecule has 40 heavy (non-hydrogen) atoms. The molecule has 0 aliphatic carbocycles. The molecule has 13 heteroatoms. The third-order valence-corrected chi connectivity index (χ3v) is 6.71. The van der Waals surface area contributed by atoms with E-state index in [4.69, 9.17) is 4.74 Å². The first-order valence-electron chi connectivity index (χ1n) is 12.1. The number of anilines is 4. The van der Waals surface area contributed by atoms with Crippen molar-refractivity contribution in [3.05, 3.63) is 66.9 Å². The maximum Gasteiger partial charge on any atom is 0.247 e. The second kappa shape index (κ2) is 12.6. The maximum absolute atomic E-state index is 13.7. The van der Waals surface area contributed by atoms with Crippen molar-refractivity contribution in [2.45, 2.75) is 0 Å². The summed E-state index contributed by atoms with van der Waals surface area (Å²) in [5.41, 5.74) is 2.54. The van der Waals surface area contributed by atoms with E-state index in [0.717, 1.165) is 29.6 Å². The van der Waals surface area contributed by atoms with E-state index in [1.807, 2.05) is 32.1 Å². The minimum atomic E-state index is -0.701. The molecule has 0 spiro atoms. The number of halogens is 2. The van der Waals surface area contributed by atoms with Gasteiger partial charge in [0.15, 0.2) is 5.01 Å². The second-order valence-corrected chi connectivity index (χ2v) is 9.93. The monoisotopic (exact) mass is 566 g/mol. The van der Waals surface area contributed by atoms with E-state index < -0.39 is 11.6 Å². The number of nitrogens with zero attached hydrogens (tertiary/aromatic N) is 6. The summed E-state index contributed by atoms with van der Waals surface area (Å²) >= 11 is 1.14. The van der Waals surface area contributed by atoms with E-state index in [0.29, 0.717) is 39.4 Å². The van der Waals surface area contributed by atoms with Crippen LogP contribution >= 0.6 is 11.3 Å².